The lowest BCUT2D eigenvalue weighted by molar-refractivity contribution is -0.121. The zero-order valence-corrected chi connectivity index (χ0v) is 19.8. The van der Waals surface area contributed by atoms with Gasteiger partial charge >= 0.3 is 0 Å². The second kappa shape index (κ2) is 9.26. The van der Waals surface area contributed by atoms with Gasteiger partial charge in [0.2, 0.25) is 0 Å². The van der Waals surface area contributed by atoms with E-state index in [0.29, 0.717) is 29.5 Å². The standard InChI is InChI=1S/C26H36N2O6/c1-3-16-13(2)14-8-19-23-17(6-7-28(10-14)24(16)19)18-9-15(4-5-20(18)27-23)34-12-22(31)26(33)25(32)21(30)11-29/h4-5,8-9,13,16,19,21-22,24-27,29-33H,3,6-7,10-12H2,1-2H3/t13-,16-,19-,21+,22-,24?,25+,26+/m0/s1. The van der Waals surface area contributed by atoms with Gasteiger partial charge in [0, 0.05) is 41.6 Å². The molecule has 2 aromatic rings. The minimum atomic E-state index is -1.67. The number of H-pyrrole nitrogens is 1. The Hall–Kier alpha value is -1.94. The predicted octanol–water partition coefficient (Wildman–Crippen LogP) is 0.909. The molecule has 4 bridgehead atoms. The van der Waals surface area contributed by atoms with Gasteiger partial charge in [0.15, 0.2) is 0 Å². The quantitative estimate of drug-likeness (QED) is 0.315. The maximum atomic E-state index is 10.2. The molecule has 0 spiro atoms. The first-order valence-corrected chi connectivity index (χ1v) is 12.4. The van der Waals surface area contributed by atoms with Crippen LogP contribution in [0.5, 0.6) is 5.75 Å². The van der Waals surface area contributed by atoms with Gasteiger partial charge in [0.05, 0.1) is 6.61 Å². The molecule has 9 atom stereocenters. The molecular weight excluding hydrogens is 436 g/mol. The zero-order valence-electron chi connectivity index (χ0n) is 19.8. The third-order valence-electron chi connectivity index (χ3n) is 8.35. The van der Waals surface area contributed by atoms with E-state index < -0.39 is 31.0 Å². The van der Waals surface area contributed by atoms with Gasteiger partial charge in [-0.15, -0.1) is 0 Å². The van der Waals surface area contributed by atoms with Gasteiger partial charge in [-0.3, -0.25) is 4.90 Å². The molecular formula is C26H36N2O6. The van der Waals surface area contributed by atoms with E-state index in [0.717, 1.165) is 30.4 Å². The number of aromatic amines is 1. The number of ether oxygens (including phenoxy) is 1. The molecule has 1 aromatic heterocycles. The lowest BCUT2D eigenvalue weighted by Gasteiger charge is -2.52. The third-order valence-corrected chi connectivity index (χ3v) is 8.35. The van der Waals surface area contributed by atoms with Crippen LogP contribution < -0.4 is 4.74 Å². The Morgan fingerprint density at radius 2 is 1.91 bits per heavy atom. The molecule has 1 fully saturated rings. The Kier molecular flexibility index (Phi) is 6.48. The summed E-state index contributed by atoms with van der Waals surface area (Å²) < 4.78 is 5.74. The van der Waals surface area contributed by atoms with Crippen molar-refractivity contribution in [1.29, 1.82) is 0 Å². The number of aliphatic hydroxyl groups is 5. The summed E-state index contributed by atoms with van der Waals surface area (Å²) in [6.45, 7) is 5.82. The minimum absolute atomic E-state index is 0.255. The zero-order chi connectivity index (χ0) is 24.1. The second-order valence-electron chi connectivity index (χ2n) is 10.2. The normalized spacial score (nSPS) is 31.4. The average molecular weight is 473 g/mol. The number of hydrogen-bond donors (Lipinski definition) is 6. The molecule has 1 aromatic carbocycles. The Labute approximate surface area is 199 Å². The first-order chi connectivity index (χ1) is 16.3. The molecule has 0 amide bonds. The van der Waals surface area contributed by atoms with Crippen LogP contribution >= 0.6 is 0 Å². The maximum Gasteiger partial charge on any atom is 0.120 e. The van der Waals surface area contributed by atoms with Crippen molar-refractivity contribution in [2.24, 2.45) is 11.8 Å². The number of rotatable bonds is 8. The van der Waals surface area contributed by atoms with Gasteiger partial charge in [-0.2, -0.15) is 0 Å². The summed E-state index contributed by atoms with van der Waals surface area (Å²) in [5, 5.41) is 49.6. The molecule has 8 heteroatoms. The van der Waals surface area contributed by atoms with Crippen LogP contribution in [0.2, 0.25) is 0 Å². The molecule has 0 saturated carbocycles. The van der Waals surface area contributed by atoms with Crippen molar-refractivity contribution in [2.75, 3.05) is 26.3 Å². The van der Waals surface area contributed by atoms with Crippen molar-refractivity contribution in [1.82, 2.24) is 9.88 Å². The average Bonchev–Trinajstić information content (AvgIpc) is 3.18. The highest BCUT2D eigenvalue weighted by atomic mass is 16.5. The van der Waals surface area contributed by atoms with E-state index in [-0.39, 0.29) is 6.61 Å². The Morgan fingerprint density at radius 1 is 1.15 bits per heavy atom. The molecule has 2 unspecified atom stereocenters. The van der Waals surface area contributed by atoms with Gasteiger partial charge in [-0.05, 0) is 42.0 Å². The van der Waals surface area contributed by atoms with Gasteiger partial charge < -0.3 is 35.3 Å². The van der Waals surface area contributed by atoms with Gasteiger partial charge in [-0.1, -0.05) is 31.9 Å². The van der Waals surface area contributed by atoms with E-state index in [1.54, 1.807) is 5.57 Å². The summed E-state index contributed by atoms with van der Waals surface area (Å²) >= 11 is 0. The maximum absolute atomic E-state index is 10.2. The molecule has 6 N–H and O–H groups in total. The first-order valence-electron chi connectivity index (χ1n) is 12.4. The Morgan fingerprint density at radius 3 is 2.65 bits per heavy atom. The van der Waals surface area contributed by atoms with Crippen LogP contribution in [0.15, 0.2) is 29.8 Å². The lowest BCUT2D eigenvalue weighted by Crippen LogP contribution is -2.55. The van der Waals surface area contributed by atoms with Crippen molar-refractivity contribution < 1.29 is 30.3 Å². The van der Waals surface area contributed by atoms with Crippen molar-refractivity contribution >= 4 is 10.9 Å². The van der Waals surface area contributed by atoms with E-state index >= 15 is 0 Å². The molecule has 4 aliphatic rings. The fourth-order valence-corrected chi connectivity index (χ4v) is 6.42. The molecule has 3 aliphatic heterocycles. The second-order valence-corrected chi connectivity index (χ2v) is 10.2. The highest BCUT2D eigenvalue weighted by molar-refractivity contribution is 5.86. The molecule has 186 valence electrons. The van der Waals surface area contributed by atoms with Crippen LogP contribution in [0.25, 0.3) is 10.9 Å². The highest BCUT2D eigenvalue weighted by Gasteiger charge is 2.47. The van der Waals surface area contributed by atoms with E-state index in [4.69, 9.17) is 9.84 Å². The topological polar surface area (TPSA) is 129 Å². The highest BCUT2D eigenvalue weighted by Crippen LogP contribution is 2.50. The van der Waals surface area contributed by atoms with E-state index in [1.165, 1.54) is 17.7 Å². The van der Waals surface area contributed by atoms with Crippen molar-refractivity contribution in [3.05, 3.63) is 41.1 Å². The van der Waals surface area contributed by atoms with Crippen LogP contribution in [0.1, 0.15) is 37.4 Å². The molecule has 6 rings (SSSR count). The summed E-state index contributed by atoms with van der Waals surface area (Å²) in [5.74, 6) is 2.25. The number of hydrogen-bond acceptors (Lipinski definition) is 7. The minimum Gasteiger partial charge on any atom is -0.491 e. The summed E-state index contributed by atoms with van der Waals surface area (Å²) in [6.07, 6.45) is -1.62. The first kappa shape index (κ1) is 23.8. The number of aromatic nitrogens is 1. The van der Waals surface area contributed by atoms with Crippen LogP contribution in [-0.2, 0) is 6.42 Å². The molecule has 34 heavy (non-hydrogen) atoms. The predicted molar refractivity (Wildman–Crippen MR) is 128 cm³/mol. The fraction of sp³-hybridized carbons (Fsp3) is 0.615. The largest absolute Gasteiger partial charge is 0.491 e. The number of piperidine rings is 1. The number of benzene rings is 1. The molecule has 1 saturated heterocycles. The van der Waals surface area contributed by atoms with Crippen molar-refractivity contribution in [3.8, 4) is 5.75 Å². The van der Waals surface area contributed by atoms with Crippen molar-refractivity contribution in [3.63, 3.8) is 0 Å². The molecule has 0 radical (unpaired) electrons. The van der Waals surface area contributed by atoms with Gasteiger partial charge in [-0.25, -0.2) is 0 Å². The van der Waals surface area contributed by atoms with Gasteiger partial charge in [0.25, 0.3) is 0 Å². The Bertz CT molecular complexity index is 1070. The van der Waals surface area contributed by atoms with Gasteiger partial charge in [0.1, 0.15) is 36.8 Å². The number of fused-ring (bicyclic) bond motifs is 4. The summed E-state index contributed by atoms with van der Waals surface area (Å²) in [7, 11) is 0. The summed E-state index contributed by atoms with van der Waals surface area (Å²) in [6, 6.07) is 6.31. The number of nitrogens with one attached hydrogen (secondary N) is 1. The third kappa shape index (κ3) is 3.86. The van der Waals surface area contributed by atoms with Crippen LogP contribution in [0.4, 0.5) is 0 Å². The molecule has 4 heterocycles. The summed E-state index contributed by atoms with van der Waals surface area (Å²) in [5.41, 5.74) is 5.26. The van der Waals surface area contributed by atoms with Crippen LogP contribution in [-0.4, -0.2) is 92.2 Å². The van der Waals surface area contributed by atoms with Crippen LogP contribution in [0, 0.1) is 11.8 Å². The lowest BCUT2D eigenvalue weighted by atomic mass is 9.66. The number of aliphatic hydroxyl groups excluding tert-OH is 5. The smallest absolute Gasteiger partial charge is 0.120 e. The monoisotopic (exact) mass is 472 g/mol. The van der Waals surface area contributed by atoms with E-state index in [9.17, 15) is 20.4 Å². The molecule has 1 aliphatic carbocycles. The fourth-order valence-electron chi connectivity index (χ4n) is 6.42. The SMILES string of the molecule is CC[C@@H]1C2[C@H]3C=C(CN2CCc2c3[nH]c3ccc(OC[C@H](O)[C@@H](O)[C@H](O)[C@H](O)CO)cc23)[C@@H]1C. The van der Waals surface area contributed by atoms with Crippen LogP contribution in [0.3, 0.4) is 0 Å². The van der Waals surface area contributed by atoms with E-state index in [2.05, 4.69) is 29.8 Å². The van der Waals surface area contributed by atoms with E-state index in [1.807, 2.05) is 18.2 Å². The Balaban J connectivity index is 1.38. The number of nitrogens with zero attached hydrogens (tertiary/aromatic N) is 1. The van der Waals surface area contributed by atoms with Crippen molar-refractivity contribution in [2.45, 2.75) is 63.1 Å². The molecule has 8 nitrogen and oxygen atoms in total. The summed E-state index contributed by atoms with van der Waals surface area (Å²) in [4.78, 5) is 6.36.